The van der Waals surface area contributed by atoms with Crippen LogP contribution in [-0.2, 0) is 14.8 Å². The number of benzene rings is 2. The molecule has 30 heavy (non-hydrogen) atoms. The van der Waals surface area contributed by atoms with Crippen LogP contribution in [0.1, 0.15) is 10.4 Å². The van der Waals surface area contributed by atoms with Crippen LogP contribution in [0.5, 0.6) is 5.75 Å². The number of thiocarbonyl (C=S) groups is 1. The molecule has 0 unspecified atom stereocenters. The van der Waals surface area contributed by atoms with E-state index in [1.807, 2.05) is 0 Å². The highest BCUT2D eigenvalue weighted by Gasteiger charge is 2.15. The third-order valence-corrected chi connectivity index (χ3v) is 5.06. The molecule has 0 aromatic heterocycles. The van der Waals surface area contributed by atoms with Crippen molar-refractivity contribution >= 4 is 44.9 Å². The van der Waals surface area contributed by atoms with E-state index >= 15 is 0 Å². The Bertz CT molecular complexity index is 1040. The van der Waals surface area contributed by atoms with Gasteiger partial charge in [-0.25, -0.2) is 0 Å². The van der Waals surface area contributed by atoms with Crippen molar-refractivity contribution in [3.63, 3.8) is 0 Å². The average molecular weight is 452 g/mol. The fourth-order valence-corrected chi connectivity index (χ4v) is 3.32. The molecule has 12 heteroatoms. The SMILES string of the molecule is COCCOc1ccccc1C(=O)NC(=S)Nc1ccc(S(=O)(=O)N=C(N)N)cc1. The summed E-state index contributed by atoms with van der Waals surface area (Å²) in [5.41, 5.74) is 11.0. The molecule has 2 rings (SSSR count). The number of amides is 1. The van der Waals surface area contributed by atoms with Gasteiger partial charge in [-0.2, -0.15) is 8.42 Å². The van der Waals surface area contributed by atoms with Gasteiger partial charge in [0.25, 0.3) is 15.9 Å². The number of nitrogens with one attached hydrogen (secondary N) is 2. The molecule has 0 saturated carbocycles. The molecule has 10 nitrogen and oxygen atoms in total. The van der Waals surface area contributed by atoms with Crippen molar-refractivity contribution in [2.24, 2.45) is 15.9 Å². The van der Waals surface area contributed by atoms with Gasteiger partial charge in [0.15, 0.2) is 5.11 Å². The van der Waals surface area contributed by atoms with Crippen LogP contribution in [0.25, 0.3) is 0 Å². The Morgan fingerprint density at radius 2 is 1.77 bits per heavy atom. The number of carbonyl (C=O) groups excluding carboxylic acids is 1. The van der Waals surface area contributed by atoms with Crippen LogP contribution in [0.15, 0.2) is 57.8 Å². The average Bonchev–Trinajstić information content (AvgIpc) is 2.68. The number of rotatable bonds is 8. The molecule has 0 aliphatic rings. The van der Waals surface area contributed by atoms with Crippen molar-refractivity contribution in [2.45, 2.75) is 4.90 Å². The molecule has 2 aromatic carbocycles. The molecular formula is C18H21N5O5S2. The van der Waals surface area contributed by atoms with Gasteiger partial charge in [-0.15, -0.1) is 4.40 Å². The topological polar surface area (TPSA) is 158 Å². The minimum absolute atomic E-state index is 0.0199. The summed E-state index contributed by atoms with van der Waals surface area (Å²) in [6.07, 6.45) is 0. The summed E-state index contributed by atoms with van der Waals surface area (Å²) < 4.78 is 37.5. The number of methoxy groups -OCH3 is 1. The summed E-state index contributed by atoms with van der Waals surface area (Å²) in [6.45, 7) is 0.670. The first kappa shape index (κ1) is 23.1. The van der Waals surface area contributed by atoms with E-state index in [2.05, 4.69) is 15.0 Å². The highest BCUT2D eigenvalue weighted by Crippen LogP contribution is 2.18. The minimum Gasteiger partial charge on any atom is -0.490 e. The number of ether oxygens (including phenoxy) is 2. The first-order chi connectivity index (χ1) is 14.2. The van der Waals surface area contributed by atoms with Crippen LogP contribution in [0.4, 0.5) is 5.69 Å². The predicted molar refractivity (Wildman–Crippen MR) is 117 cm³/mol. The minimum atomic E-state index is -3.99. The van der Waals surface area contributed by atoms with Crippen LogP contribution in [0, 0.1) is 0 Å². The van der Waals surface area contributed by atoms with Crippen LogP contribution >= 0.6 is 12.2 Å². The third kappa shape index (κ3) is 6.69. The zero-order chi connectivity index (χ0) is 22.1. The van der Waals surface area contributed by atoms with Crippen molar-refractivity contribution in [3.8, 4) is 5.75 Å². The Labute approximate surface area is 179 Å². The first-order valence-corrected chi connectivity index (χ1v) is 10.4. The largest absolute Gasteiger partial charge is 0.490 e. The van der Waals surface area contributed by atoms with Gasteiger partial charge in [0.2, 0.25) is 5.96 Å². The van der Waals surface area contributed by atoms with Gasteiger partial charge in [-0.05, 0) is 48.6 Å². The Kier molecular flexibility index (Phi) is 8.09. The van der Waals surface area contributed by atoms with Gasteiger partial charge in [0, 0.05) is 12.8 Å². The summed E-state index contributed by atoms with van der Waals surface area (Å²) in [4.78, 5) is 12.4. The predicted octanol–water partition coefficient (Wildman–Crippen LogP) is 0.801. The smallest absolute Gasteiger partial charge is 0.285 e. The van der Waals surface area contributed by atoms with Gasteiger partial charge in [-0.3, -0.25) is 10.1 Å². The number of anilines is 1. The normalized spacial score (nSPS) is 10.7. The summed E-state index contributed by atoms with van der Waals surface area (Å²) >= 11 is 5.15. The molecule has 0 saturated heterocycles. The standard InChI is InChI=1S/C18H21N5O5S2/c1-27-10-11-28-15-5-3-2-4-14(15)16(24)22-18(29)21-12-6-8-13(9-7-12)30(25,26)23-17(19)20/h2-9H,10-11H2,1H3,(H4,19,20,23)(H2,21,22,24,29). The van der Waals surface area contributed by atoms with Crippen molar-refractivity contribution in [3.05, 3.63) is 54.1 Å². The molecule has 0 fully saturated rings. The van der Waals surface area contributed by atoms with E-state index in [0.29, 0.717) is 30.2 Å². The molecule has 0 aliphatic heterocycles. The van der Waals surface area contributed by atoms with Crippen molar-refractivity contribution in [1.82, 2.24) is 5.32 Å². The van der Waals surface area contributed by atoms with Gasteiger partial charge >= 0.3 is 0 Å². The molecule has 0 spiro atoms. The first-order valence-electron chi connectivity index (χ1n) is 8.52. The van der Waals surface area contributed by atoms with Crippen molar-refractivity contribution in [2.75, 3.05) is 25.6 Å². The Hall–Kier alpha value is -3.22. The number of guanidine groups is 1. The molecule has 0 bridgehead atoms. The lowest BCUT2D eigenvalue weighted by atomic mass is 10.2. The van der Waals surface area contributed by atoms with Crippen LogP contribution in [-0.4, -0.2) is 45.7 Å². The summed E-state index contributed by atoms with van der Waals surface area (Å²) in [5.74, 6) is -0.635. The van der Waals surface area contributed by atoms with Gasteiger partial charge < -0.3 is 26.3 Å². The van der Waals surface area contributed by atoms with Crippen LogP contribution in [0.3, 0.4) is 0 Å². The monoisotopic (exact) mass is 451 g/mol. The second kappa shape index (κ2) is 10.5. The zero-order valence-electron chi connectivity index (χ0n) is 16.0. The second-order valence-corrected chi connectivity index (χ2v) is 7.77. The molecule has 160 valence electrons. The maximum atomic E-state index is 12.5. The molecule has 0 atom stereocenters. The maximum absolute atomic E-state index is 12.5. The van der Waals surface area contributed by atoms with Crippen molar-refractivity contribution in [1.29, 1.82) is 0 Å². The van der Waals surface area contributed by atoms with Crippen LogP contribution in [0.2, 0.25) is 0 Å². The number of hydrogen-bond acceptors (Lipinski definition) is 6. The fourth-order valence-electron chi connectivity index (χ4n) is 2.25. The summed E-state index contributed by atoms with van der Waals surface area (Å²) in [5, 5.41) is 5.36. The Morgan fingerprint density at radius 3 is 2.40 bits per heavy atom. The zero-order valence-corrected chi connectivity index (χ0v) is 17.6. The molecule has 6 N–H and O–H groups in total. The lowest BCUT2D eigenvalue weighted by molar-refractivity contribution is 0.0970. The maximum Gasteiger partial charge on any atom is 0.285 e. The van der Waals surface area contributed by atoms with E-state index in [9.17, 15) is 13.2 Å². The van der Waals surface area contributed by atoms with E-state index in [1.165, 1.54) is 24.3 Å². The van der Waals surface area contributed by atoms with E-state index in [-0.39, 0.29) is 10.0 Å². The summed E-state index contributed by atoms with van der Waals surface area (Å²) in [6, 6.07) is 12.2. The molecule has 1 amide bonds. The van der Waals surface area contributed by atoms with E-state index in [0.717, 1.165) is 0 Å². The molecule has 0 heterocycles. The number of nitrogens with two attached hydrogens (primary N) is 2. The van der Waals surface area contributed by atoms with E-state index in [1.54, 1.807) is 31.4 Å². The quantitative estimate of drug-likeness (QED) is 0.197. The highest BCUT2D eigenvalue weighted by molar-refractivity contribution is 7.90. The second-order valence-electron chi connectivity index (χ2n) is 5.76. The van der Waals surface area contributed by atoms with Crippen molar-refractivity contribution < 1.29 is 22.7 Å². The van der Waals surface area contributed by atoms with Gasteiger partial charge in [-0.1, -0.05) is 12.1 Å². The van der Waals surface area contributed by atoms with Crippen LogP contribution < -0.4 is 26.8 Å². The number of para-hydroxylation sites is 1. The molecule has 2 aromatic rings. The molecule has 0 aliphatic carbocycles. The van der Waals surface area contributed by atoms with E-state index < -0.39 is 21.9 Å². The lowest BCUT2D eigenvalue weighted by Crippen LogP contribution is -2.34. The Morgan fingerprint density at radius 1 is 1.10 bits per heavy atom. The van der Waals surface area contributed by atoms with Gasteiger partial charge in [0.1, 0.15) is 12.4 Å². The van der Waals surface area contributed by atoms with Gasteiger partial charge in [0.05, 0.1) is 17.1 Å². The lowest BCUT2D eigenvalue weighted by Gasteiger charge is -2.13. The highest BCUT2D eigenvalue weighted by atomic mass is 32.2. The Balaban J connectivity index is 2.03. The fraction of sp³-hybridized carbons (Fsp3) is 0.167. The molecular weight excluding hydrogens is 430 g/mol. The third-order valence-electron chi connectivity index (χ3n) is 3.54. The number of sulfonamides is 1. The number of hydrogen-bond donors (Lipinski definition) is 4. The van der Waals surface area contributed by atoms with E-state index in [4.69, 9.17) is 33.2 Å². The summed E-state index contributed by atoms with van der Waals surface area (Å²) in [7, 11) is -2.44. The molecule has 0 radical (unpaired) electrons. The number of carbonyl (C=O) groups is 1. The number of nitrogens with zero attached hydrogens (tertiary/aromatic N) is 1.